The lowest BCUT2D eigenvalue weighted by atomic mass is 10.2. The van der Waals surface area contributed by atoms with Crippen molar-refractivity contribution >= 4 is 28.5 Å². The molecule has 8 heteroatoms. The molecule has 27 heavy (non-hydrogen) atoms. The van der Waals surface area contributed by atoms with Crippen molar-refractivity contribution < 1.29 is 19.4 Å². The lowest BCUT2D eigenvalue weighted by Crippen LogP contribution is -2.16. The molecule has 0 spiro atoms. The largest absolute Gasteiger partial charge is 0.489 e. The van der Waals surface area contributed by atoms with Gasteiger partial charge in [0.25, 0.3) is 5.91 Å². The van der Waals surface area contributed by atoms with Gasteiger partial charge in [0.1, 0.15) is 18.0 Å². The number of hydrogen-bond acceptors (Lipinski definition) is 5. The molecule has 0 bridgehead atoms. The third-order valence-electron chi connectivity index (χ3n) is 3.68. The number of rotatable bonds is 6. The number of aromatic nitrogens is 3. The normalized spacial score (nSPS) is 11.0. The fourth-order valence-corrected chi connectivity index (χ4v) is 2.63. The number of amides is 1. The summed E-state index contributed by atoms with van der Waals surface area (Å²) in [6.45, 7) is 5.32. The zero-order valence-corrected chi connectivity index (χ0v) is 15.3. The van der Waals surface area contributed by atoms with Gasteiger partial charge in [-0.25, -0.2) is 4.98 Å². The van der Waals surface area contributed by atoms with Crippen LogP contribution in [0.1, 0.15) is 30.0 Å². The summed E-state index contributed by atoms with van der Waals surface area (Å²) in [5.41, 5.74) is 2.09. The van der Waals surface area contributed by atoms with Gasteiger partial charge in [-0.3, -0.25) is 14.3 Å². The summed E-state index contributed by atoms with van der Waals surface area (Å²) in [5, 5.41) is 16.7. The maximum absolute atomic E-state index is 12.6. The van der Waals surface area contributed by atoms with Crippen LogP contribution in [0.5, 0.6) is 5.75 Å². The fourth-order valence-electron chi connectivity index (χ4n) is 2.63. The summed E-state index contributed by atoms with van der Waals surface area (Å²) in [4.78, 5) is 27.7. The summed E-state index contributed by atoms with van der Waals surface area (Å²) < 4.78 is 7.14. The number of nitrogens with zero attached hydrogens (tertiary/aromatic N) is 3. The monoisotopic (exact) mass is 368 g/mol. The number of aliphatic carboxylic acids is 1. The lowest BCUT2D eigenvalue weighted by molar-refractivity contribution is -0.137. The number of benzene rings is 1. The van der Waals surface area contributed by atoms with Gasteiger partial charge in [0.05, 0.1) is 17.3 Å². The van der Waals surface area contributed by atoms with Crippen molar-refractivity contribution in [2.24, 2.45) is 0 Å². The SMILES string of the molecule is Cc1cccc(C(=O)Nc2cc3cn(CC(=O)O)nc3cc2OC(C)C)n1. The van der Waals surface area contributed by atoms with Crippen molar-refractivity contribution in [2.45, 2.75) is 33.4 Å². The molecule has 0 aliphatic heterocycles. The minimum atomic E-state index is -0.986. The minimum absolute atomic E-state index is 0.115. The molecule has 8 nitrogen and oxygen atoms in total. The van der Waals surface area contributed by atoms with Gasteiger partial charge in [-0.15, -0.1) is 0 Å². The van der Waals surface area contributed by atoms with E-state index in [0.29, 0.717) is 28.0 Å². The van der Waals surface area contributed by atoms with E-state index in [4.69, 9.17) is 9.84 Å². The number of fused-ring (bicyclic) bond motifs is 1. The Labute approximate surface area is 155 Å². The molecule has 0 atom stereocenters. The molecule has 0 saturated heterocycles. The van der Waals surface area contributed by atoms with E-state index in [1.54, 1.807) is 30.5 Å². The van der Waals surface area contributed by atoms with Gasteiger partial charge >= 0.3 is 5.97 Å². The summed E-state index contributed by atoms with van der Waals surface area (Å²) in [7, 11) is 0. The number of ether oxygens (including phenoxy) is 1. The van der Waals surface area contributed by atoms with Gasteiger partial charge in [0, 0.05) is 23.3 Å². The van der Waals surface area contributed by atoms with Crippen LogP contribution in [0, 0.1) is 6.92 Å². The molecule has 0 saturated carbocycles. The van der Waals surface area contributed by atoms with E-state index in [0.717, 1.165) is 5.69 Å². The van der Waals surface area contributed by atoms with Gasteiger partial charge < -0.3 is 15.2 Å². The predicted octanol–water partition coefficient (Wildman–Crippen LogP) is 2.86. The van der Waals surface area contributed by atoms with Gasteiger partial charge in [-0.1, -0.05) is 6.07 Å². The number of pyridine rings is 1. The zero-order valence-electron chi connectivity index (χ0n) is 15.3. The van der Waals surface area contributed by atoms with Crippen LogP contribution < -0.4 is 10.1 Å². The number of carboxylic acid groups (broad SMARTS) is 1. The molecule has 0 aliphatic rings. The number of aryl methyl sites for hydroxylation is 1. The summed E-state index contributed by atoms with van der Waals surface area (Å²) in [5.74, 6) is -0.885. The van der Waals surface area contributed by atoms with Crippen LogP contribution >= 0.6 is 0 Å². The Morgan fingerprint density at radius 1 is 1.30 bits per heavy atom. The molecular weight excluding hydrogens is 348 g/mol. The van der Waals surface area contributed by atoms with Gasteiger partial charge in [0.15, 0.2) is 0 Å². The molecule has 3 rings (SSSR count). The molecule has 3 aromatic rings. The van der Waals surface area contributed by atoms with E-state index < -0.39 is 5.97 Å². The predicted molar refractivity (Wildman–Crippen MR) is 100 cm³/mol. The smallest absolute Gasteiger partial charge is 0.325 e. The second-order valence-electron chi connectivity index (χ2n) is 6.41. The summed E-state index contributed by atoms with van der Waals surface area (Å²) >= 11 is 0. The van der Waals surface area contributed by atoms with Crippen molar-refractivity contribution in [2.75, 3.05) is 5.32 Å². The molecule has 0 fully saturated rings. The maximum Gasteiger partial charge on any atom is 0.325 e. The highest BCUT2D eigenvalue weighted by Gasteiger charge is 2.15. The first kappa shape index (κ1) is 18.4. The molecule has 0 radical (unpaired) electrons. The van der Waals surface area contributed by atoms with Crippen LogP contribution in [-0.4, -0.2) is 37.9 Å². The van der Waals surface area contributed by atoms with E-state index >= 15 is 0 Å². The Kier molecular flexibility index (Phi) is 5.07. The highest BCUT2D eigenvalue weighted by atomic mass is 16.5. The Balaban J connectivity index is 1.98. The number of nitrogens with one attached hydrogen (secondary N) is 1. The molecule has 0 unspecified atom stereocenters. The quantitative estimate of drug-likeness (QED) is 0.693. The van der Waals surface area contributed by atoms with Crippen LogP contribution in [-0.2, 0) is 11.3 Å². The standard InChI is InChI=1S/C19H20N4O4/c1-11(2)27-17-8-15-13(9-23(22-15)10-18(24)25)7-16(17)21-19(26)14-6-4-5-12(3)20-14/h4-9,11H,10H2,1-3H3,(H,21,26)(H,24,25). The van der Waals surface area contributed by atoms with Crippen LogP contribution in [0.15, 0.2) is 36.5 Å². The number of carboxylic acids is 1. The Morgan fingerprint density at radius 2 is 2.07 bits per heavy atom. The van der Waals surface area contributed by atoms with E-state index in [-0.39, 0.29) is 18.6 Å². The molecule has 2 heterocycles. The second kappa shape index (κ2) is 7.45. The van der Waals surface area contributed by atoms with Crippen LogP contribution in [0.3, 0.4) is 0 Å². The third kappa shape index (κ3) is 4.41. The highest BCUT2D eigenvalue weighted by molar-refractivity contribution is 6.05. The second-order valence-corrected chi connectivity index (χ2v) is 6.41. The van der Waals surface area contributed by atoms with Crippen molar-refractivity contribution in [3.05, 3.63) is 47.9 Å². The lowest BCUT2D eigenvalue weighted by Gasteiger charge is -2.15. The first-order valence-electron chi connectivity index (χ1n) is 8.46. The number of anilines is 1. The first-order chi connectivity index (χ1) is 12.8. The molecule has 140 valence electrons. The Bertz CT molecular complexity index is 1010. The van der Waals surface area contributed by atoms with Crippen molar-refractivity contribution in [1.82, 2.24) is 14.8 Å². The third-order valence-corrected chi connectivity index (χ3v) is 3.68. The Morgan fingerprint density at radius 3 is 2.74 bits per heavy atom. The molecule has 1 aromatic carbocycles. The topological polar surface area (TPSA) is 106 Å². The molecule has 2 N–H and O–H groups in total. The van der Waals surface area contributed by atoms with Gasteiger partial charge in [0.2, 0.25) is 0 Å². The van der Waals surface area contributed by atoms with Gasteiger partial charge in [-0.05, 0) is 39.0 Å². The van der Waals surface area contributed by atoms with Crippen LogP contribution in [0.4, 0.5) is 5.69 Å². The molecular formula is C19H20N4O4. The molecule has 1 amide bonds. The number of carbonyl (C=O) groups excluding carboxylic acids is 1. The number of hydrogen-bond donors (Lipinski definition) is 2. The van der Waals surface area contributed by atoms with E-state index in [1.807, 2.05) is 26.8 Å². The average Bonchev–Trinajstić information content (AvgIpc) is 2.94. The Hall–Kier alpha value is -3.42. The first-order valence-corrected chi connectivity index (χ1v) is 8.46. The van der Waals surface area contributed by atoms with Crippen molar-refractivity contribution in [3.63, 3.8) is 0 Å². The minimum Gasteiger partial charge on any atom is -0.489 e. The average molecular weight is 368 g/mol. The van der Waals surface area contributed by atoms with Crippen LogP contribution in [0.2, 0.25) is 0 Å². The van der Waals surface area contributed by atoms with E-state index in [1.165, 1.54) is 4.68 Å². The van der Waals surface area contributed by atoms with Crippen molar-refractivity contribution in [3.8, 4) is 5.75 Å². The molecule has 2 aromatic heterocycles. The van der Waals surface area contributed by atoms with Crippen LogP contribution in [0.25, 0.3) is 10.9 Å². The summed E-state index contributed by atoms with van der Waals surface area (Å²) in [6.07, 6.45) is 1.50. The zero-order chi connectivity index (χ0) is 19.6. The van der Waals surface area contributed by atoms with E-state index in [9.17, 15) is 9.59 Å². The number of carbonyl (C=O) groups is 2. The fraction of sp³-hybridized carbons (Fsp3) is 0.263. The van der Waals surface area contributed by atoms with E-state index in [2.05, 4.69) is 15.4 Å². The summed E-state index contributed by atoms with van der Waals surface area (Å²) in [6, 6.07) is 8.61. The molecule has 0 aliphatic carbocycles. The van der Waals surface area contributed by atoms with Gasteiger partial charge in [-0.2, -0.15) is 5.10 Å². The van der Waals surface area contributed by atoms with Crippen molar-refractivity contribution in [1.29, 1.82) is 0 Å². The highest BCUT2D eigenvalue weighted by Crippen LogP contribution is 2.31. The maximum atomic E-state index is 12.6.